The highest BCUT2D eigenvalue weighted by Gasteiger charge is 2.33. The normalized spacial score (nSPS) is 12.9. The summed E-state index contributed by atoms with van der Waals surface area (Å²) < 4.78 is 28.6. The maximum Gasteiger partial charge on any atom is 0.264 e. The van der Waals surface area contributed by atoms with Gasteiger partial charge in [-0.25, -0.2) is 8.42 Å². The molecule has 0 aliphatic heterocycles. The van der Waals surface area contributed by atoms with Crippen molar-refractivity contribution < 1.29 is 18.0 Å². The lowest BCUT2D eigenvalue weighted by molar-refractivity contribution is -0.139. The van der Waals surface area contributed by atoms with Gasteiger partial charge in [0.15, 0.2) is 0 Å². The predicted molar refractivity (Wildman–Crippen MR) is 157 cm³/mol. The standard InChI is InChI=1S/C29H33Cl2N3O4S/c1-5-21(3)32-29(36)22(4)33(18-25-26(30)15-10-16-27(25)31)28(35)19-34(23-12-9-11-20(2)17-23)39(37,38)24-13-7-6-8-14-24/h6-17,21-22H,5,18-19H2,1-4H3,(H,32,36)/t21-,22+/m1/s1. The van der Waals surface area contributed by atoms with Gasteiger partial charge in [0.1, 0.15) is 12.6 Å². The number of halogens is 2. The number of sulfonamides is 1. The smallest absolute Gasteiger partial charge is 0.264 e. The average Bonchev–Trinajstić information content (AvgIpc) is 2.91. The van der Waals surface area contributed by atoms with Crippen molar-refractivity contribution in [3.8, 4) is 0 Å². The Balaban J connectivity index is 2.06. The van der Waals surface area contributed by atoms with Gasteiger partial charge in [0.05, 0.1) is 10.6 Å². The fraction of sp³-hybridized carbons (Fsp3) is 0.310. The number of aryl methyl sites for hydroxylation is 1. The Morgan fingerprint density at radius 3 is 2.13 bits per heavy atom. The molecule has 0 bridgehead atoms. The largest absolute Gasteiger partial charge is 0.352 e. The molecule has 0 radical (unpaired) electrons. The second-order valence-corrected chi connectivity index (χ2v) is 12.1. The molecule has 208 valence electrons. The average molecular weight is 591 g/mol. The lowest BCUT2D eigenvalue weighted by Gasteiger charge is -2.33. The van der Waals surface area contributed by atoms with E-state index in [-0.39, 0.29) is 23.4 Å². The SMILES string of the molecule is CC[C@@H](C)NC(=O)[C@H](C)N(Cc1c(Cl)cccc1Cl)C(=O)CN(c1cccc(C)c1)S(=O)(=O)c1ccccc1. The highest BCUT2D eigenvalue weighted by atomic mass is 35.5. The van der Waals surface area contributed by atoms with E-state index in [1.807, 2.05) is 26.8 Å². The maximum absolute atomic E-state index is 14.0. The molecular weight excluding hydrogens is 557 g/mol. The van der Waals surface area contributed by atoms with Gasteiger partial charge in [-0.1, -0.05) is 66.5 Å². The first-order valence-electron chi connectivity index (χ1n) is 12.6. The summed E-state index contributed by atoms with van der Waals surface area (Å²) in [6.45, 7) is 6.63. The van der Waals surface area contributed by atoms with E-state index in [0.29, 0.717) is 27.7 Å². The highest BCUT2D eigenvalue weighted by molar-refractivity contribution is 7.92. The quantitative estimate of drug-likeness (QED) is 0.305. The zero-order valence-electron chi connectivity index (χ0n) is 22.4. The molecule has 2 atom stereocenters. The summed E-state index contributed by atoms with van der Waals surface area (Å²) in [7, 11) is -4.12. The summed E-state index contributed by atoms with van der Waals surface area (Å²) in [6, 6.07) is 18.8. The molecule has 3 aromatic carbocycles. The lowest BCUT2D eigenvalue weighted by atomic mass is 10.1. The Morgan fingerprint density at radius 1 is 0.923 bits per heavy atom. The first kappa shape index (κ1) is 30.5. The molecule has 0 aliphatic rings. The second kappa shape index (κ2) is 13.3. The third kappa shape index (κ3) is 7.53. The Labute approximate surface area is 240 Å². The first-order chi connectivity index (χ1) is 18.4. The van der Waals surface area contributed by atoms with E-state index in [9.17, 15) is 18.0 Å². The van der Waals surface area contributed by atoms with Crippen LogP contribution >= 0.6 is 23.2 Å². The lowest BCUT2D eigenvalue weighted by Crippen LogP contribution is -2.52. The third-order valence-corrected chi connectivity index (χ3v) is 8.95. The molecule has 0 spiro atoms. The monoisotopic (exact) mass is 589 g/mol. The zero-order chi connectivity index (χ0) is 28.7. The van der Waals surface area contributed by atoms with E-state index in [0.717, 1.165) is 9.87 Å². The Kier molecular flexibility index (Phi) is 10.4. The molecule has 2 amide bonds. The zero-order valence-corrected chi connectivity index (χ0v) is 24.7. The summed E-state index contributed by atoms with van der Waals surface area (Å²) in [5.74, 6) is -0.951. The van der Waals surface area contributed by atoms with Crippen LogP contribution in [0.4, 0.5) is 5.69 Å². The molecule has 0 fully saturated rings. The van der Waals surface area contributed by atoms with Crippen molar-refractivity contribution in [2.45, 2.75) is 57.6 Å². The van der Waals surface area contributed by atoms with Crippen LogP contribution < -0.4 is 9.62 Å². The van der Waals surface area contributed by atoms with Gasteiger partial charge in [0.2, 0.25) is 11.8 Å². The predicted octanol–water partition coefficient (Wildman–Crippen LogP) is 5.83. The number of carbonyl (C=O) groups excluding carboxylic acids is 2. The van der Waals surface area contributed by atoms with E-state index >= 15 is 0 Å². The van der Waals surface area contributed by atoms with Gasteiger partial charge in [-0.15, -0.1) is 0 Å². The Morgan fingerprint density at radius 2 is 1.54 bits per heavy atom. The minimum Gasteiger partial charge on any atom is -0.352 e. The van der Waals surface area contributed by atoms with Crippen molar-refractivity contribution in [1.29, 1.82) is 0 Å². The van der Waals surface area contributed by atoms with Crippen LogP contribution in [0.25, 0.3) is 0 Å². The summed E-state index contributed by atoms with van der Waals surface area (Å²) in [4.78, 5) is 28.5. The van der Waals surface area contributed by atoms with Gasteiger partial charge in [0.25, 0.3) is 10.0 Å². The Hall–Kier alpha value is -3.07. The van der Waals surface area contributed by atoms with E-state index in [1.54, 1.807) is 61.5 Å². The van der Waals surface area contributed by atoms with Crippen LogP contribution in [0, 0.1) is 6.92 Å². The molecule has 0 aromatic heterocycles. The van der Waals surface area contributed by atoms with E-state index < -0.39 is 28.5 Å². The van der Waals surface area contributed by atoms with E-state index in [4.69, 9.17) is 23.2 Å². The van der Waals surface area contributed by atoms with Gasteiger partial charge in [-0.3, -0.25) is 13.9 Å². The molecule has 1 N–H and O–H groups in total. The molecule has 0 saturated carbocycles. The summed E-state index contributed by atoms with van der Waals surface area (Å²) in [5, 5.41) is 3.57. The molecule has 0 heterocycles. The summed E-state index contributed by atoms with van der Waals surface area (Å²) in [5.41, 5.74) is 1.62. The number of amides is 2. The van der Waals surface area contributed by atoms with Gasteiger partial charge >= 0.3 is 0 Å². The van der Waals surface area contributed by atoms with Gasteiger partial charge < -0.3 is 10.2 Å². The number of hydrogen-bond acceptors (Lipinski definition) is 4. The van der Waals surface area contributed by atoms with Crippen molar-refractivity contribution in [1.82, 2.24) is 10.2 Å². The van der Waals surface area contributed by atoms with Crippen LogP contribution in [0.3, 0.4) is 0 Å². The topological polar surface area (TPSA) is 86.8 Å². The number of carbonyl (C=O) groups is 2. The molecule has 39 heavy (non-hydrogen) atoms. The van der Waals surface area contributed by atoms with Crippen LogP contribution in [0.1, 0.15) is 38.3 Å². The number of benzene rings is 3. The molecule has 0 aliphatic carbocycles. The Bertz CT molecular complexity index is 1400. The van der Waals surface area contributed by atoms with Crippen molar-refractivity contribution in [2.75, 3.05) is 10.8 Å². The number of anilines is 1. The van der Waals surface area contributed by atoms with Gasteiger partial charge in [-0.05, 0) is 69.2 Å². The van der Waals surface area contributed by atoms with Crippen LogP contribution in [0.5, 0.6) is 0 Å². The minimum atomic E-state index is -4.12. The third-order valence-electron chi connectivity index (χ3n) is 6.46. The van der Waals surface area contributed by atoms with Crippen LogP contribution in [0.2, 0.25) is 10.0 Å². The molecule has 10 heteroatoms. The number of hydrogen-bond donors (Lipinski definition) is 1. The molecule has 0 unspecified atom stereocenters. The number of nitrogens with one attached hydrogen (secondary N) is 1. The van der Waals surface area contributed by atoms with Crippen molar-refractivity contribution >= 4 is 50.7 Å². The highest BCUT2D eigenvalue weighted by Crippen LogP contribution is 2.28. The number of rotatable bonds is 11. The van der Waals surface area contributed by atoms with Crippen molar-refractivity contribution in [3.05, 3.63) is 94.0 Å². The molecule has 3 rings (SSSR count). The molecular formula is C29H33Cl2N3O4S. The van der Waals surface area contributed by atoms with Crippen LogP contribution in [0.15, 0.2) is 77.7 Å². The maximum atomic E-state index is 14.0. The first-order valence-corrected chi connectivity index (χ1v) is 14.8. The summed E-state index contributed by atoms with van der Waals surface area (Å²) in [6.07, 6.45) is 0.708. The van der Waals surface area contributed by atoms with Gasteiger partial charge in [0, 0.05) is 28.2 Å². The van der Waals surface area contributed by atoms with Gasteiger partial charge in [-0.2, -0.15) is 0 Å². The van der Waals surface area contributed by atoms with E-state index in [2.05, 4.69) is 5.32 Å². The molecule has 3 aromatic rings. The minimum absolute atomic E-state index is 0.0440. The second-order valence-electron chi connectivity index (χ2n) is 9.38. The van der Waals surface area contributed by atoms with E-state index in [1.165, 1.54) is 17.0 Å². The fourth-order valence-electron chi connectivity index (χ4n) is 3.93. The summed E-state index contributed by atoms with van der Waals surface area (Å²) >= 11 is 12.8. The van der Waals surface area contributed by atoms with Crippen molar-refractivity contribution in [3.63, 3.8) is 0 Å². The fourth-order valence-corrected chi connectivity index (χ4v) is 5.88. The van der Waals surface area contributed by atoms with Crippen molar-refractivity contribution in [2.24, 2.45) is 0 Å². The molecule has 0 saturated heterocycles. The molecule has 7 nitrogen and oxygen atoms in total. The van der Waals surface area contributed by atoms with Crippen LogP contribution in [-0.4, -0.2) is 43.8 Å². The number of nitrogens with zero attached hydrogens (tertiary/aromatic N) is 2. The van der Waals surface area contributed by atoms with Crippen LogP contribution in [-0.2, 0) is 26.2 Å².